The van der Waals surface area contributed by atoms with E-state index in [1.807, 2.05) is 0 Å². The van der Waals surface area contributed by atoms with Gasteiger partial charge in [-0.1, -0.05) is 35.3 Å². The Kier molecular flexibility index (Phi) is 7.45. The largest absolute Gasteiger partial charge is 0.497 e. The molecule has 9 heteroatoms. The van der Waals surface area contributed by atoms with Crippen LogP contribution in [0.3, 0.4) is 0 Å². The summed E-state index contributed by atoms with van der Waals surface area (Å²) in [5.41, 5.74) is 0.310. The van der Waals surface area contributed by atoms with E-state index in [1.165, 1.54) is 37.5 Å². The molecule has 0 saturated heterocycles. The Morgan fingerprint density at radius 1 is 1.03 bits per heavy atom. The molecule has 0 amide bonds. The maximum Gasteiger partial charge on any atom is 0.345 e. The van der Waals surface area contributed by atoms with Gasteiger partial charge in [0.2, 0.25) is 0 Å². The van der Waals surface area contributed by atoms with E-state index in [2.05, 4.69) is 6.58 Å². The minimum Gasteiger partial charge on any atom is -0.497 e. The van der Waals surface area contributed by atoms with Gasteiger partial charge in [0.05, 0.1) is 34.8 Å². The van der Waals surface area contributed by atoms with Crippen LogP contribution in [0.1, 0.15) is 10.4 Å². The van der Waals surface area contributed by atoms with Gasteiger partial charge < -0.3 is 9.47 Å². The van der Waals surface area contributed by atoms with Crippen LogP contribution < -0.4 is 13.8 Å². The Morgan fingerprint density at radius 2 is 1.75 bits per heavy atom. The molecule has 3 rings (SSSR count). The lowest BCUT2D eigenvalue weighted by Crippen LogP contribution is -2.31. The summed E-state index contributed by atoms with van der Waals surface area (Å²) in [5.74, 6) is -0.0189. The predicted octanol–water partition coefficient (Wildman–Crippen LogP) is 5.60. The minimum absolute atomic E-state index is 0.0135. The molecule has 0 heterocycles. The molecule has 0 N–H and O–H groups in total. The highest BCUT2D eigenvalue weighted by molar-refractivity contribution is 7.92. The monoisotopic (exact) mass is 491 g/mol. The van der Waals surface area contributed by atoms with Crippen molar-refractivity contribution in [3.63, 3.8) is 0 Å². The molecule has 0 spiro atoms. The summed E-state index contributed by atoms with van der Waals surface area (Å²) in [7, 11) is -2.54. The third-order valence-corrected chi connectivity index (χ3v) is 6.76. The van der Waals surface area contributed by atoms with Crippen molar-refractivity contribution in [2.45, 2.75) is 4.90 Å². The molecule has 3 aromatic rings. The van der Waals surface area contributed by atoms with Crippen LogP contribution in [-0.2, 0) is 10.0 Å². The second-order valence-corrected chi connectivity index (χ2v) is 9.22. The van der Waals surface area contributed by atoms with Gasteiger partial charge in [-0.05, 0) is 60.7 Å². The third kappa shape index (κ3) is 5.24. The van der Waals surface area contributed by atoms with Crippen LogP contribution in [0.4, 0.5) is 5.69 Å². The number of carbonyl (C=O) groups is 1. The molecule has 0 atom stereocenters. The highest BCUT2D eigenvalue weighted by Gasteiger charge is 2.26. The number of nitrogens with zero attached hydrogens (tertiary/aromatic N) is 1. The molecule has 0 aliphatic heterocycles. The summed E-state index contributed by atoms with van der Waals surface area (Å²) < 4.78 is 38.4. The summed E-state index contributed by atoms with van der Waals surface area (Å²) in [4.78, 5) is 12.5. The molecule has 3 aromatic carbocycles. The fraction of sp³-hybridized carbons (Fsp3) is 0.0870. The van der Waals surface area contributed by atoms with Crippen molar-refractivity contribution >= 4 is 44.9 Å². The predicted molar refractivity (Wildman–Crippen MR) is 126 cm³/mol. The summed E-state index contributed by atoms with van der Waals surface area (Å²) in [6.07, 6.45) is 1.46. The van der Waals surface area contributed by atoms with Crippen molar-refractivity contribution < 1.29 is 22.7 Å². The molecular formula is C23H19Cl2NO5S. The number of esters is 1. The quantitative estimate of drug-likeness (QED) is 0.233. The van der Waals surface area contributed by atoms with Crippen molar-refractivity contribution in [3.8, 4) is 11.5 Å². The minimum atomic E-state index is -4.05. The summed E-state index contributed by atoms with van der Waals surface area (Å²) in [6.45, 7) is 3.66. The zero-order chi connectivity index (χ0) is 23.3. The van der Waals surface area contributed by atoms with Crippen LogP contribution in [-0.4, -0.2) is 28.0 Å². The van der Waals surface area contributed by atoms with Crippen molar-refractivity contribution in [2.24, 2.45) is 0 Å². The molecular weight excluding hydrogens is 473 g/mol. The van der Waals surface area contributed by atoms with Crippen molar-refractivity contribution in [1.82, 2.24) is 0 Å². The van der Waals surface area contributed by atoms with E-state index < -0.39 is 16.0 Å². The Hall–Kier alpha value is -3.00. The van der Waals surface area contributed by atoms with Gasteiger partial charge in [-0.2, -0.15) is 0 Å². The van der Waals surface area contributed by atoms with Crippen LogP contribution in [0, 0.1) is 0 Å². The van der Waals surface area contributed by atoms with E-state index in [4.69, 9.17) is 32.7 Å². The molecule has 0 aromatic heterocycles. The summed E-state index contributed by atoms with van der Waals surface area (Å²) in [5, 5.41) is 0.438. The highest BCUT2D eigenvalue weighted by atomic mass is 35.5. The molecule has 0 bridgehead atoms. The van der Waals surface area contributed by atoms with Crippen molar-refractivity contribution in [2.75, 3.05) is 18.0 Å². The lowest BCUT2D eigenvalue weighted by atomic mass is 10.2. The first-order chi connectivity index (χ1) is 15.3. The zero-order valence-electron chi connectivity index (χ0n) is 17.0. The number of halogens is 2. The second-order valence-electron chi connectivity index (χ2n) is 6.51. The maximum atomic E-state index is 13.4. The highest BCUT2D eigenvalue weighted by Crippen LogP contribution is 2.29. The molecule has 0 saturated carbocycles. The third-order valence-electron chi connectivity index (χ3n) is 4.41. The topological polar surface area (TPSA) is 72.9 Å². The number of hydrogen-bond acceptors (Lipinski definition) is 5. The number of hydrogen-bond donors (Lipinski definition) is 0. The number of carbonyl (C=O) groups excluding carboxylic acids is 1. The van der Waals surface area contributed by atoms with Gasteiger partial charge in [0.25, 0.3) is 10.0 Å². The lowest BCUT2D eigenvalue weighted by molar-refractivity contribution is 0.0734. The zero-order valence-corrected chi connectivity index (χ0v) is 19.3. The SMILES string of the molecule is C=CCN(c1ccc(OC)cc1)S(=O)(=O)c1ccc(Cl)c(C(=O)Oc2cccc(Cl)c2)c1. The molecule has 0 fully saturated rings. The Morgan fingerprint density at radius 3 is 2.38 bits per heavy atom. The Bertz CT molecular complexity index is 1240. The van der Waals surface area contributed by atoms with Crippen LogP contribution in [0.15, 0.2) is 84.3 Å². The fourth-order valence-corrected chi connectivity index (χ4v) is 4.69. The average molecular weight is 492 g/mol. The normalized spacial score (nSPS) is 11.0. The van der Waals surface area contributed by atoms with Gasteiger partial charge >= 0.3 is 5.97 Å². The van der Waals surface area contributed by atoms with Gasteiger partial charge in [-0.3, -0.25) is 4.31 Å². The van der Waals surface area contributed by atoms with E-state index in [1.54, 1.807) is 42.5 Å². The Balaban J connectivity index is 1.97. The van der Waals surface area contributed by atoms with Gasteiger partial charge in [0, 0.05) is 5.02 Å². The van der Waals surface area contributed by atoms with Crippen molar-refractivity contribution in [3.05, 3.63) is 95.0 Å². The van der Waals surface area contributed by atoms with Crippen LogP contribution in [0.25, 0.3) is 0 Å². The van der Waals surface area contributed by atoms with E-state index in [0.717, 1.165) is 4.31 Å². The molecule has 0 aliphatic carbocycles. The van der Waals surface area contributed by atoms with E-state index >= 15 is 0 Å². The lowest BCUT2D eigenvalue weighted by Gasteiger charge is -2.23. The van der Waals surface area contributed by atoms with Gasteiger partial charge in [-0.15, -0.1) is 6.58 Å². The first-order valence-electron chi connectivity index (χ1n) is 9.31. The first kappa shape index (κ1) is 23.7. The standard InChI is InChI=1S/C23H19Cl2NO5S/c1-3-13-26(17-7-9-18(30-2)10-8-17)32(28,29)20-11-12-22(25)21(15-20)23(27)31-19-6-4-5-16(24)14-19/h3-12,14-15H,1,13H2,2H3. The van der Waals surface area contributed by atoms with Crippen LogP contribution >= 0.6 is 23.2 Å². The Labute approximate surface area is 196 Å². The maximum absolute atomic E-state index is 13.4. The number of sulfonamides is 1. The number of ether oxygens (including phenoxy) is 2. The molecule has 0 aliphatic rings. The number of methoxy groups -OCH3 is 1. The summed E-state index contributed by atoms with van der Waals surface area (Å²) >= 11 is 12.1. The smallest absolute Gasteiger partial charge is 0.345 e. The van der Waals surface area contributed by atoms with E-state index in [9.17, 15) is 13.2 Å². The number of benzene rings is 3. The van der Waals surface area contributed by atoms with Gasteiger partial charge in [-0.25, -0.2) is 13.2 Å². The van der Waals surface area contributed by atoms with E-state index in [0.29, 0.717) is 16.5 Å². The van der Waals surface area contributed by atoms with Crippen LogP contribution in [0.2, 0.25) is 10.0 Å². The molecule has 6 nitrogen and oxygen atoms in total. The average Bonchev–Trinajstić information content (AvgIpc) is 2.77. The fourth-order valence-electron chi connectivity index (χ4n) is 2.85. The second kappa shape index (κ2) is 10.1. The van der Waals surface area contributed by atoms with Crippen molar-refractivity contribution in [1.29, 1.82) is 0 Å². The number of rotatable bonds is 8. The van der Waals surface area contributed by atoms with Gasteiger partial charge in [0.1, 0.15) is 11.5 Å². The van der Waals surface area contributed by atoms with E-state index in [-0.39, 0.29) is 27.8 Å². The molecule has 32 heavy (non-hydrogen) atoms. The van der Waals surface area contributed by atoms with Gasteiger partial charge in [0.15, 0.2) is 0 Å². The van der Waals surface area contributed by atoms with Crippen LogP contribution in [0.5, 0.6) is 11.5 Å². The number of anilines is 1. The molecule has 166 valence electrons. The first-order valence-corrected chi connectivity index (χ1v) is 11.5. The molecule has 0 unspecified atom stereocenters. The summed E-state index contributed by atoms with van der Waals surface area (Å²) in [6, 6.07) is 16.6. The molecule has 0 radical (unpaired) electrons.